The molecule has 2 atom stereocenters. The van der Waals surface area contributed by atoms with Crippen molar-refractivity contribution in [1.82, 2.24) is 15.2 Å². The van der Waals surface area contributed by atoms with E-state index in [2.05, 4.69) is 45.1 Å². The number of rotatable bonds is 2. The lowest BCUT2D eigenvalue weighted by molar-refractivity contribution is 0.111. The Hall–Kier alpha value is -0.450. The van der Waals surface area contributed by atoms with Gasteiger partial charge >= 0.3 is 0 Å². The van der Waals surface area contributed by atoms with Crippen molar-refractivity contribution in [1.29, 1.82) is 0 Å². The van der Waals surface area contributed by atoms with Crippen LogP contribution in [-0.2, 0) is 5.54 Å². The molecule has 2 unspecified atom stereocenters. The van der Waals surface area contributed by atoms with Gasteiger partial charge in [0.2, 0.25) is 0 Å². The maximum atomic E-state index is 4.77. The van der Waals surface area contributed by atoms with E-state index in [0.29, 0.717) is 6.04 Å². The van der Waals surface area contributed by atoms with Crippen molar-refractivity contribution < 1.29 is 0 Å². The topological polar surface area (TPSA) is 28.2 Å². The highest BCUT2D eigenvalue weighted by molar-refractivity contribution is 7.11. The number of thiazole rings is 1. The molecule has 3 nitrogen and oxygen atoms in total. The van der Waals surface area contributed by atoms with E-state index >= 15 is 0 Å². The molecule has 0 radical (unpaired) electrons. The van der Waals surface area contributed by atoms with Crippen LogP contribution in [-0.4, -0.2) is 36.6 Å². The quantitative estimate of drug-likeness (QED) is 0.876. The van der Waals surface area contributed by atoms with Gasteiger partial charge in [-0.15, -0.1) is 11.3 Å². The normalized spacial score (nSPS) is 30.8. The van der Waals surface area contributed by atoms with E-state index < -0.39 is 0 Å². The van der Waals surface area contributed by atoms with Gasteiger partial charge < -0.3 is 10.2 Å². The van der Waals surface area contributed by atoms with Gasteiger partial charge in [0.1, 0.15) is 5.01 Å². The van der Waals surface area contributed by atoms with Crippen molar-refractivity contribution in [3.63, 3.8) is 0 Å². The summed E-state index contributed by atoms with van der Waals surface area (Å²) < 4.78 is 0. The second-order valence-corrected chi connectivity index (χ2v) is 6.48. The van der Waals surface area contributed by atoms with Crippen molar-refractivity contribution in [2.45, 2.75) is 45.2 Å². The zero-order valence-corrected chi connectivity index (χ0v) is 12.3. The lowest BCUT2D eigenvalue weighted by atomic mass is 9.84. The molecule has 0 bridgehead atoms. The van der Waals surface area contributed by atoms with Crippen LogP contribution in [0.2, 0.25) is 0 Å². The number of likely N-dealkylation sites (tertiary alicyclic amines) is 1. The van der Waals surface area contributed by atoms with Crippen molar-refractivity contribution in [2.24, 2.45) is 0 Å². The van der Waals surface area contributed by atoms with Gasteiger partial charge in [0.05, 0.1) is 11.2 Å². The van der Waals surface area contributed by atoms with Crippen molar-refractivity contribution in [3.8, 4) is 0 Å². The SMILES string of the molecule is CNC1(c2nc(C)c(C)s2)CCN(C)C(C)C1. The van der Waals surface area contributed by atoms with Crippen molar-refractivity contribution >= 4 is 11.3 Å². The second-order valence-electron chi connectivity index (χ2n) is 5.28. The summed E-state index contributed by atoms with van der Waals surface area (Å²) in [6, 6.07) is 0.612. The molecule has 1 aromatic rings. The Labute approximate surface area is 108 Å². The standard InChI is InChI=1S/C13H23N3S/c1-9-8-13(14-4,6-7-16(9)5)12-15-10(2)11(3)17-12/h9,14H,6-8H2,1-5H3. The molecule has 0 spiro atoms. The first-order valence-electron chi connectivity index (χ1n) is 6.32. The third-order valence-corrected chi connectivity index (χ3v) is 5.48. The largest absolute Gasteiger partial charge is 0.308 e. The van der Waals surface area contributed by atoms with Gasteiger partial charge in [-0.25, -0.2) is 4.98 Å². The van der Waals surface area contributed by atoms with Crippen LogP contribution in [0.3, 0.4) is 0 Å². The summed E-state index contributed by atoms with van der Waals surface area (Å²) in [6.45, 7) is 7.72. The molecule has 2 heterocycles. The van der Waals surface area contributed by atoms with Crippen molar-refractivity contribution in [3.05, 3.63) is 15.6 Å². The first kappa shape index (κ1) is 13.0. The maximum Gasteiger partial charge on any atom is 0.113 e. The van der Waals surface area contributed by atoms with Crippen LogP contribution < -0.4 is 5.32 Å². The molecule has 1 aromatic heterocycles. The molecule has 1 aliphatic rings. The van der Waals surface area contributed by atoms with Crippen LogP contribution in [0.25, 0.3) is 0 Å². The molecule has 1 N–H and O–H groups in total. The van der Waals surface area contributed by atoms with E-state index in [0.717, 1.165) is 19.4 Å². The minimum Gasteiger partial charge on any atom is -0.308 e. The summed E-state index contributed by atoms with van der Waals surface area (Å²) in [7, 11) is 4.28. The molecule has 1 fully saturated rings. The van der Waals surface area contributed by atoms with Gasteiger partial charge in [0.15, 0.2) is 0 Å². The summed E-state index contributed by atoms with van der Waals surface area (Å²) in [4.78, 5) is 8.56. The number of hydrogen-bond donors (Lipinski definition) is 1. The van der Waals surface area contributed by atoms with Gasteiger partial charge in [0, 0.05) is 17.5 Å². The number of nitrogens with one attached hydrogen (secondary N) is 1. The fraction of sp³-hybridized carbons (Fsp3) is 0.769. The molecule has 1 aliphatic heterocycles. The van der Waals surface area contributed by atoms with Crippen LogP contribution in [0.5, 0.6) is 0 Å². The summed E-state index contributed by atoms with van der Waals surface area (Å²) in [5.74, 6) is 0. The van der Waals surface area contributed by atoms with E-state index in [-0.39, 0.29) is 5.54 Å². The molecule has 4 heteroatoms. The highest BCUT2D eigenvalue weighted by Crippen LogP contribution is 2.37. The fourth-order valence-corrected chi connectivity index (χ4v) is 3.70. The van der Waals surface area contributed by atoms with Crippen LogP contribution >= 0.6 is 11.3 Å². The highest BCUT2D eigenvalue weighted by atomic mass is 32.1. The summed E-state index contributed by atoms with van der Waals surface area (Å²) >= 11 is 1.86. The first-order valence-corrected chi connectivity index (χ1v) is 7.14. The summed E-state index contributed by atoms with van der Waals surface area (Å²) in [6.07, 6.45) is 2.29. The molecule has 0 amide bonds. The zero-order chi connectivity index (χ0) is 12.6. The Kier molecular flexibility index (Phi) is 3.57. The number of hydrogen-bond acceptors (Lipinski definition) is 4. The van der Waals surface area contributed by atoms with E-state index in [1.54, 1.807) is 0 Å². The molecular formula is C13H23N3S. The van der Waals surface area contributed by atoms with Gasteiger partial charge in [-0.3, -0.25) is 0 Å². The minimum atomic E-state index is 0.0929. The molecule has 2 rings (SSSR count). The van der Waals surface area contributed by atoms with E-state index in [9.17, 15) is 0 Å². The van der Waals surface area contributed by atoms with E-state index in [1.165, 1.54) is 15.6 Å². The molecule has 96 valence electrons. The number of aryl methyl sites for hydroxylation is 2. The van der Waals surface area contributed by atoms with Gasteiger partial charge in [-0.2, -0.15) is 0 Å². The third-order valence-electron chi connectivity index (χ3n) is 4.20. The number of nitrogens with zero attached hydrogens (tertiary/aromatic N) is 2. The lowest BCUT2D eigenvalue weighted by Gasteiger charge is -2.43. The maximum absolute atomic E-state index is 4.77. The summed E-state index contributed by atoms with van der Waals surface area (Å²) in [5.41, 5.74) is 1.28. The first-order chi connectivity index (χ1) is 7.98. The molecular weight excluding hydrogens is 230 g/mol. The minimum absolute atomic E-state index is 0.0929. The Balaban J connectivity index is 2.31. The zero-order valence-electron chi connectivity index (χ0n) is 11.5. The van der Waals surface area contributed by atoms with Crippen molar-refractivity contribution in [2.75, 3.05) is 20.6 Å². The fourth-order valence-electron chi connectivity index (χ4n) is 2.56. The van der Waals surface area contributed by atoms with Gasteiger partial charge in [-0.05, 0) is 47.7 Å². The van der Waals surface area contributed by atoms with Crippen LogP contribution in [0.15, 0.2) is 0 Å². The molecule has 0 aliphatic carbocycles. The molecule has 0 saturated carbocycles. The van der Waals surface area contributed by atoms with Crippen LogP contribution in [0.1, 0.15) is 35.3 Å². The third kappa shape index (κ3) is 2.26. The highest BCUT2D eigenvalue weighted by Gasteiger charge is 2.39. The average Bonchev–Trinajstić information content (AvgIpc) is 2.64. The predicted molar refractivity (Wildman–Crippen MR) is 73.7 cm³/mol. The molecule has 1 saturated heterocycles. The number of piperidine rings is 1. The number of aromatic nitrogens is 1. The summed E-state index contributed by atoms with van der Waals surface area (Å²) in [5, 5.41) is 4.82. The molecule has 17 heavy (non-hydrogen) atoms. The Bertz CT molecular complexity index is 382. The van der Waals surface area contributed by atoms with Crippen LogP contribution in [0.4, 0.5) is 0 Å². The van der Waals surface area contributed by atoms with Gasteiger partial charge in [0.25, 0.3) is 0 Å². The lowest BCUT2D eigenvalue weighted by Crippen LogP contribution is -2.52. The molecule has 0 aromatic carbocycles. The second kappa shape index (κ2) is 4.67. The van der Waals surface area contributed by atoms with Gasteiger partial charge in [-0.1, -0.05) is 0 Å². The van der Waals surface area contributed by atoms with E-state index in [1.807, 2.05) is 11.3 Å². The predicted octanol–water partition coefficient (Wildman–Crippen LogP) is 2.29. The van der Waals surface area contributed by atoms with E-state index in [4.69, 9.17) is 4.98 Å². The smallest absolute Gasteiger partial charge is 0.113 e. The Morgan fingerprint density at radius 2 is 2.18 bits per heavy atom. The monoisotopic (exact) mass is 253 g/mol. The Morgan fingerprint density at radius 1 is 1.47 bits per heavy atom. The van der Waals surface area contributed by atoms with Crippen LogP contribution in [0, 0.1) is 13.8 Å². The average molecular weight is 253 g/mol. The Morgan fingerprint density at radius 3 is 2.65 bits per heavy atom.